The molecule has 3 N–H and O–H groups in total. The molecule has 31 heavy (non-hydrogen) atoms. The zero-order valence-electron chi connectivity index (χ0n) is 16.1. The van der Waals surface area contributed by atoms with E-state index in [2.05, 4.69) is 16.0 Å². The maximum Gasteiger partial charge on any atom is 0.292 e. The first-order valence-corrected chi connectivity index (χ1v) is 10.0. The molecule has 0 saturated carbocycles. The fourth-order valence-electron chi connectivity index (χ4n) is 2.42. The number of ether oxygens (including phenoxy) is 2. The predicted octanol–water partition coefficient (Wildman–Crippen LogP) is 4.02. The van der Waals surface area contributed by atoms with Crippen LogP contribution in [0, 0.1) is 10.1 Å². The number of anilines is 1. The van der Waals surface area contributed by atoms with E-state index < -0.39 is 20.8 Å². The normalized spacial score (nSPS) is 11.8. The number of carbonyl (C=O) groups is 1. The van der Waals surface area contributed by atoms with E-state index in [1.807, 2.05) is 0 Å². The topological polar surface area (TPSA) is 115 Å². The highest BCUT2D eigenvalue weighted by Gasteiger charge is 2.35. The van der Waals surface area contributed by atoms with Gasteiger partial charge in [0, 0.05) is 11.6 Å². The van der Waals surface area contributed by atoms with Gasteiger partial charge < -0.3 is 25.4 Å². The predicted molar refractivity (Wildman–Crippen MR) is 124 cm³/mol. The van der Waals surface area contributed by atoms with Crippen LogP contribution in [0.15, 0.2) is 42.5 Å². The van der Waals surface area contributed by atoms with E-state index in [0.29, 0.717) is 11.5 Å². The minimum absolute atomic E-state index is 0.113. The molecule has 13 heteroatoms. The summed E-state index contributed by atoms with van der Waals surface area (Å²) in [5.74, 6) is 0.172. The van der Waals surface area contributed by atoms with Crippen LogP contribution in [0.3, 0.4) is 0 Å². The van der Waals surface area contributed by atoms with Gasteiger partial charge in [0.05, 0.1) is 19.1 Å². The molecule has 0 aliphatic heterocycles. The molecule has 0 spiro atoms. The molecule has 0 aromatic heterocycles. The summed E-state index contributed by atoms with van der Waals surface area (Å²) in [4.78, 5) is 23.3. The minimum atomic E-state index is -2.01. The zero-order valence-corrected chi connectivity index (χ0v) is 19.2. The Hall–Kier alpha value is -2.53. The van der Waals surface area contributed by atoms with Crippen LogP contribution >= 0.6 is 47.0 Å². The van der Waals surface area contributed by atoms with Gasteiger partial charge in [-0.1, -0.05) is 46.9 Å². The van der Waals surface area contributed by atoms with Gasteiger partial charge in [0.1, 0.15) is 11.9 Å². The number of alkyl halides is 3. The third-order valence-corrected chi connectivity index (χ3v) is 4.75. The lowest BCUT2D eigenvalue weighted by Gasteiger charge is -2.27. The van der Waals surface area contributed by atoms with Crippen molar-refractivity contribution in [2.24, 2.45) is 0 Å². The number of methoxy groups -OCH3 is 2. The molecule has 9 nitrogen and oxygen atoms in total. The fraction of sp³-hybridized carbons (Fsp3) is 0.222. The summed E-state index contributed by atoms with van der Waals surface area (Å²) >= 11 is 23.1. The van der Waals surface area contributed by atoms with Gasteiger partial charge in [-0.2, -0.15) is 0 Å². The Balaban J connectivity index is 2.17. The quantitative estimate of drug-likeness (QED) is 0.169. The second-order valence-electron chi connectivity index (χ2n) is 5.89. The summed E-state index contributed by atoms with van der Waals surface area (Å²) < 4.78 is 8.30. The lowest BCUT2D eigenvalue weighted by Crippen LogP contribution is -2.56. The summed E-state index contributed by atoms with van der Waals surface area (Å²) in [6, 6.07) is 10.3. The highest BCUT2D eigenvalue weighted by molar-refractivity contribution is 7.80. The second-order valence-corrected chi connectivity index (χ2v) is 8.67. The average molecular weight is 508 g/mol. The number of benzene rings is 2. The van der Waals surface area contributed by atoms with Gasteiger partial charge in [-0.05, 0) is 36.5 Å². The van der Waals surface area contributed by atoms with Crippen molar-refractivity contribution in [2.45, 2.75) is 9.96 Å². The Bertz CT molecular complexity index is 987. The largest absolute Gasteiger partial charge is 0.493 e. The Labute approximate surface area is 198 Å². The van der Waals surface area contributed by atoms with Gasteiger partial charge in [0.15, 0.2) is 16.6 Å². The van der Waals surface area contributed by atoms with Gasteiger partial charge in [-0.15, -0.1) is 0 Å². The number of carbonyl (C=O) groups excluding carboxylic acids is 1. The lowest BCUT2D eigenvalue weighted by atomic mass is 10.2. The maximum atomic E-state index is 12.7. The molecule has 2 rings (SSSR count). The number of amides is 1. The number of nitro benzene ring substituents is 1. The molecule has 0 radical (unpaired) electrons. The Morgan fingerprint density at radius 3 is 2.32 bits per heavy atom. The second kappa shape index (κ2) is 10.7. The summed E-state index contributed by atoms with van der Waals surface area (Å²) in [5.41, 5.74) is 0.127. The number of nitrogens with one attached hydrogen (secondary N) is 3. The van der Waals surface area contributed by atoms with Crippen molar-refractivity contribution in [3.05, 3.63) is 58.1 Å². The zero-order chi connectivity index (χ0) is 23.2. The number of rotatable bonds is 7. The number of para-hydroxylation sites is 2. The molecule has 1 atom stereocenters. The van der Waals surface area contributed by atoms with Crippen molar-refractivity contribution in [2.75, 3.05) is 19.5 Å². The van der Waals surface area contributed by atoms with Crippen molar-refractivity contribution in [3.8, 4) is 11.5 Å². The SMILES string of the molecule is COc1ccc(C(=O)N[C@@H](NC(=S)Nc2ccccc2[N+](=O)[O-])C(Cl)(Cl)Cl)cc1OC. The minimum Gasteiger partial charge on any atom is -0.493 e. The van der Waals surface area contributed by atoms with Crippen LogP contribution in [0.5, 0.6) is 11.5 Å². The monoisotopic (exact) mass is 506 g/mol. The number of halogens is 3. The van der Waals surface area contributed by atoms with Crippen LogP contribution in [-0.2, 0) is 0 Å². The van der Waals surface area contributed by atoms with Gasteiger partial charge in [-0.25, -0.2) is 0 Å². The van der Waals surface area contributed by atoms with E-state index in [9.17, 15) is 14.9 Å². The average Bonchev–Trinajstić information content (AvgIpc) is 2.72. The van der Waals surface area contributed by atoms with E-state index >= 15 is 0 Å². The van der Waals surface area contributed by atoms with Gasteiger partial charge in [0.2, 0.25) is 3.79 Å². The van der Waals surface area contributed by atoms with Crippen molar-refractivity contribution in [1.82, 2.24) is 10.6 Å². The number of hydrogen-bond donors (Lipinski definition) is 3. The molecular weight excluding hydrogens is 491 g/mol. The van der Waals surface area contributed by atoms with Crippen LogP contribution < -0.4 is 25.4 Å². The molecular formula is C18H17Cl3N4O5S. The lowest BCUT2D eigenvalue weighted by molar-refractivity contribution is -0.383. The van der Waals surface area contributed by atoms with Gasteiger partial charge in [-0.3, -0.25) is 14.9 Å². The van der Waals surface area contributed by atoms with Crippen LogP contribution in [0.4, 0.5) is 11.4 Å². The van der Waals surface area contributed by atoms with Crippen molar-refractivity contribution < 1.29 is 19.2 Å². The van der Waals surface area contributed by atoms with Crippen LogP contribution in [-0.4, -0.2) is 40.1 Å². The molecule has 1 amide bonds. The molecule has 0 aliphatic rings. The first kappa shape index (κ1) is 24.7. The Morgan fingerprint density at radius 1 is 1.10 bits per heavy atom. The third kappa shape index (κ3) is 6.73. The van der Waals surface area contributed by atoms with E-state index in [1.165, 1.54) is 44.6 Å². The van der Waals surface area contributed by atoms with Gasteiger partial charge >= 0.3 is 0 Å². The van der Waals surface area contributed by atoms with E-state index in [-0.39, 0.29) is 22.1 Å². The molecule has 0 fully saturated rings. The maximum absolute atomic E-state index is 12.7. The van der Waals surface area contributed by atoms with Crippen LogP contribution in [0.2, 0.25) is 0 Å². The number of hydrogen-bond acceptors (Lipinski definition) is 6. The van der Waals surface area contributed by atoms with Crippen LogP contribution in [0.25, 0.3) is 0 Å². The molecule has 0 bridgehead atoms. The summed E-state index contributed by atoms with van der Waals surface area (Å²) in [5, 5.41) is 18.8. The standard InChI is InChI=1S/C18H17Cl3N4O5S/c1-29-13-8-7-10(9-14(13)30-2)15(26)23-16(18(19,20)21)24-17(31)22-11-5-3-4-6-12(11)25(27)28/h3-9,16H,1-2H3,(H,23,26)(H2,22,24,31)/t16-/m0/s1. The summed E-state index contributed by atoms with van der Waals surface area (Å²) in [6.07, 6.45) is -1.28. The van der Waals surface area contributed by atoms with Crippen molar-refractivity contribution >= 4 is 69.4 Å². The highest BCUT2D eigenvalue weighted by Crippen LogP contribution is 2.31. The molecule has 2 aromatic carbocycles. The smallest absolute Gasteiger partial charge is 0.292 e. The van der Waals surface area contributed by atoms with Crippen LogP contribution in [0.1, 0.15) is 10.4 Å². The van der Waals surface area contributed by atoms with E-state index in [4.69, 9.17) is 56.5 Å². The first-order valence-electron chi connectivity index (χ1n) is 8.47. The molecule has 0 saturated heterocycles. The molecule has 0 unspecified atom stereocenters. The summed E-state index contributed by atoms with van der Waals surface area (Å²) in [6.45, 7) is 0. The van der Waals surface area contributed by atoms with Gasteiger partial charge in [0.25, 0.3) is 11.6 Å². The van der Waals surface area contributed by atoms with Crippen molar-refractivity contribution in [1.29, 1.82) is 0 Å². The Kier molecular flexibility index (Phi) is 8.52. The number of nitrogens with zero attached hydrogens (tertiary/aromatic N) is 1. The van der Waals surface area contributed by atoms with E-state index in [0.717, 1.165) is 0 Å². The Morgan fingerprint density at radius 2 is 1.74 bits per heavy atom. The molecule has 2 aromatic rings. The fourth-order valence-corrected chi connectivity index (χ4v) is 2.97. The summed E-state index contributed by atoms with van der Waals surface area (Å²) in [7, 11) is 2.89. The van der Waals surface area contributed by atoms with E-state index in [1.54, 1.807) is 12.1 Å². The molecule has 166 valence electrons. The number of thiocarbonyl (C=S) groups is 1. The number of nitro groups is 1. The van der Waals surface area contributed by atoms with Crippen molar-refractivity contribution in [3.63, 3.8) is 0 Å². The molecule has 0 heterocycles. The highest BCUT2D eigenvalue weighted by atomic mass is 35.6. The first-order chi connectivity index (χ1) is 14.6. The molecule has 0 aliphatic carbocycles. The third-order valence-electron chi connectivity index (χ3n) is 3.87.